The quantitative estimate of drug-likeness (QED) is 0.474. The molecule has 1 fully saturated rings. The number of carbonyl (C=O) groups is 1. The van der Waals surface area contributed by atoms with E-state index in [2.05, 4.69) is 8.37 Å². The van der Waals surface area contributed by atoms with Crippen LogP contribution in [-0.2, 0) is 35.8 Å². The Labute approximate surface area is 55.8 Å². The summed E-state index contributed by atoms with van der Waals surface area (Å²) in [6, 6.07) is 0. The summed E-state index contributed by atoms with van der Waals surface area (Å²) in [5.41, 5.74) is 0. The van der Waals surface area contributed by atoms with Gasteiger partial charge in [0.1, 0.15) is 0 Å². The fourth-order valence-electron chi connectivity index (χ4n) is 0.173. The van der Waals surface area contributed by atoms with Crippen LogP contribution in [0.15, 0.2) is 0 Å². The topological polar surface area (TPSA) is 69.7 Å². The minimum absolute atomic E-state index is 0. The fourth-order valence-corrected chi connectivity index (χ4v) is 0.519. The third-order valence-corrected chi connectivity index (χ3v) is 1.02. The summed E-state index contributed by atoms with van der Waals surface area (Å²) < 4.78 is 26.1. The van der Waals surface area contributed by atoms with Gasteiger partial charge in [0, 0.05) is 17.1 Å². The average Bonchev–Trinajstić information content (AvgIpc) is 1.27. The van der Waals surface area contributed by atoms with Gasteiger partial charge >= 0.3 is 16.6 Å². The van der Waals surface area contributed by atoms with Crippen molar-refractivity contribution in [2.75, 3.05) is 0 Å². The molecule has 8 heavy (non-hydrogen) atoms. The second kappa shape index (κ2) is 1.92. The molecule has 0 bridgehead atoms. The molecule has 1 heterocycles. The standard InChI is InChI=1S/CO5S.Cu/c2-1-5-7(3,4)6-1;. The van der Waals surface area contributed by atoms with Crippen LogP contribution in [-0.4, -0.2) is 14.6 Å². The van der Waals surface area contributed by atoms with Gasteiger partial charge in [-0.1, -0.05) is 0 Å². The van der Waals surface area contributed by atoms with Gasteiger partial charge < -0.3 is 0 Å². The zero-order valence-corrected chi connectivity index (χ0v) is 5.01. The molecule has 1 aliphatic heterocycles. The van der Waals surface area contributed by atoms with E-state index < -0.39 is 16.6 Å². The molecule has 1 rings (SSSR count). The minimum atomic E-state index is -3.88. The first-order valence-corrected chi connectivity index (χ1v) is 2.61. The fraction of sp³-hybridized carbons (Fsp3) is 0. The summed E-state index contributed by atoms with van der Waals surface area (Å²) in [5.74, 6) is 0. The average molecular weight is 188 g/mol. The molecule has 51 valence electrons. The third kappa shape index (κ3) is 1.36. The predicted molar refractivity (Wildman–Crippen MR) is 16.5 cm³/mol. The van der Waals surface area contributed by atoms with E-state index in [9.17, 15) is 13.2 Å². The van der Waals surface area contributed by atoms with E-state index in [1.807, 2.05) is 0 Å². The molecule has 0 unspecified atom stereocenters. The Morgan fingerprint density at radius 1 is 1.25 bits per heavy atom. The summed E-state index contributed by atoms with van der Waals surface area (Å²) in [7, 11) is -3.88. The van der Waals surface area contributed by atoms with Crippen molar-refractivity contribution in [2.45, 2.75) is 0 Å². The van der Waals surface area contributed by atoms with Gasteiger partial charge in [-0.25, -0.2) is 4.79 Å². The molecule has 0 amide bonds. The molecular weight excluding hydrogens is 188 g/mol. The first-order valence-electron chi connectivity index (χ1n) is 1.28. The van der Waals surface area contributed by atoms with Crippen molar-refractivity contribution < 1.29 is 38.6 Å². The first-order chi connectivity index (χ1) is 3.10. The Bertz CT molecular complexity index is 176. The smallest absolute Gasteiger partial charge is 0.280 e. The molecule has 1 aliphatic rings. The van der Waals surface area contributed by atoms with E-state index in [1.165, 1.54) is 0 Å². The SMILES string of the molecule is O=C1OS(=O)(=O)O1.[Cu]. The van der Waals surface area contributed by atoms with Gasteiger partial charge in [0.25, 0.3) is 0 Å². The molecule has 1 saturated heterocycles. The van der Waals surface area contributed by atoms with Gasteiger partial charge in [-0.05, 0) is 0 Å². The normalized spacial score (nSPS) is 21.2. The van der Waals surface area contributed by atoms with Crippen LogP contribution in [0, 0.1) is 0 Å². The van der Waals surface area contributed by atoms with E-state index in [4.69, 9.17) is 0 Å². The second-order valence-electron chi connectivity index (χ2n) is 0.825. The molecule has 0 atom stereocenters. The molecule has 0 saturated carbocycles. The Balaban J connectivity index is 0.000000490. The molecule has 0 spiro atoms. The molecule has 0 aliphatic carbocycles. The molecule has 0 N–H and O–H groups in total. The minimum Gasteiger partial charge on any atom is -0.280 e. The largest absolute Gasteiger partial charge is 0.544 e. The van der Waals surface area contributed by atoms with Crippen molar-refractivity contribution in [1.82, 2.24) is 0 Å². The molecule has 0 aromatic heterocycles. The van der Waals surface area contributed by atoms with Gasteiger partial charge in [-0.2, -0.15) is 0 Å². The number of carbonyl (C=O) groups excluding carboxylic acids is 1. The maximum absolute atomic E-state index is 9.63. The van der Waals surface area contributed by atoms with Gasteiger partial charge in [-0.15, -0.1) is 8.42 Å². The van der Waals surface area contributed by atoms with Crippen molar-refractivity contribution in [1.29, 1.82) is 0 Å². The number of hydrogen-bond acceptors (Lipinski definition) is 5. The van der Waals surface area contributed by atoms with Gasteiger partial charge in [-0.3, -0.25) is 8.37 Å². The summed E-state index contributed by atoms with van der Waals surface area (Å²) in [6.45, 7) is 0. The van der Waals surface area contributed by atoms with Crippen molar-refractivity contribution in [2.24, 2.45) is 0 Å². The molecular formula is CCuO5S. The summed E-state index contributed by atoms with van der Waals surface area (Å²) in [5, 5.41) is 0. The molecule has 0 aromatic carbocycles. The molecule has 0 aromatic rings. The summed E-state index contributed by atoms with van der Waals surface area (Å²) in [6.07, 6.45) is -1.17. The van der Waals surface area contributed by atoms with E-state index >= 15 is 0 Å². The number of rotatable bonds is 0. The van der Waals surface area contributed by atoms with Crippen LogP contribution >= 0.6 is 0 Å². The van der Waals surface area contributed by atoms with E-state index in [-0.39, 0.29) is 17.1 Å². The van der Waals surface area contributed by atoms with Crippen molar-refractivity contribution >= 4 is 16.6 Å². The Hall–Kier alpha value is -0.261. The van der Waals surface area contributed by atoms with Crippen LogP contribution in [0.1, 0.15) is 0 Å². The monoisotopic (exact) mass is 187 g/mol. The van der Waals surface area contributed by atoms with Crippen LogP contribution in [0.25, 0.3) is 0 Å². The Morgan fingerprint density at radius 3 is 1.62 bits per heavy atom. The zero-order valence-electron chi connectivity index (χ0n) is 3.25. The third-order valence-electron chi connectivity index (χ3n) is 0.340. The van der Waals surface area contributed by atoms with Gasteiger partial charge in [0.2, 0.25) is 0 Å². The maximum atomic E-state index is 9.63. The van der Waals surface area contributed by atoms with Crippen LogP contribution < -0.4 is 0 Å². The molecule has 7 heteroatoms. The van der Waals surface area contributed by atoms with E-state index in [0.29, 0.717) is 0 Å². The molecule has 5 nitrogen and oxygen atoms in total. The van der Waals surface area contributed by atoms with Crippen molar-refractivity contribution in [3.8, 4) is 0 Å². The Kier molecular flexibility index (Phi) is 1.86. The van der Waals surface area contributed by atoms with Crippen molar-refractivity contribution in [3.63, 3.8) is 0 Å². The van der Waals surface area contributed by atoms with Crippen LogP contribution in [0.5, 0.6) is 0 Å². The van der Waals surface area contributed by atoms with Gasteiger partial charge in [0.05, 0.1) is 0 Å². The van der Waals surface area contributed by atoms with Crippen LogP contribution in [0.3, 0.4) is 0 Å². The molecule has 1 radical (unpaired) electrons. The number of hydrogen-bond donors (Lipinski definition) is 0. The summed E-state index contributed by atoms with van der Waals surface area (Å²) in [4.78, 5) is 9.49. The van der Waals surface area contributed by atoms with Crippen molar-refractivity contribution in [3.05, 3.63) is 0 Å². The first kappa shape index (κ1) is 7.74. The van der Waals surface area contributed by atoms with E-state index in [0.717, 1.165) is 0 Å². The van der Waals surface area contributed by atoms with Crippen LogP contribution in [0.2, 0.25) is 0 Å². The zero-order chi connectivity index (χ0) is 5.49. The van der Waals surface area contributed by atoms with Crippen LogP contribution in [0.4, 0.5) is 4.79 Å². The van der Waals surface area contributed by atoms with Gasteiger partial charge in [0.15, 0.2) is 0 Å². The second-order valence-corrected chi connectivity index (χ2v) is 1.97. The maximum Gasteiger partial charge on any atom is 0.544 e. The predicted octanol–water partition coefficient (Wildman–Crippen LogP) is -0.604. The Morgan fingerprint density at radius 2 is 1.62 bits per heavy atom. The van der Waals surface area contributed by atoms with E-state index in [1.54, 1.807) is 0 Å². The summed E-state index contributed by atoms with van der Waals surface area (Å²) >= 11 is 0.